The molecule has 14 N–H and O–H groups in total. The Morgan fingerprint density at radius 3 is 2.19 bits per heavy atom. The molecule has 0 aliphatic rings. The number of carboxylic acid groups (broad SMARTS) is 1. The summed E-state index contributed by atoms with van der Waals surface area (Å²) in [6, 6.07) is 6.91. The zero-order chi connectivity index (χ0) is 10.8. The van der Waals surface area contributed by atoms with Crippen molar-refractivity contribution in [2.24, 2.45) is 5.73 Å². The molecule has 0 unspecified atom stereocenters. The van der Waals surface area contributed by atoms with Gasteiger partial charge < -0.3 is 43.2 Å². The van der Waals surface area contributed by atoms with Gasteiger partial charge in [-0.1, -0.05) is 18.2 Å². The molecule has 1 aromatic heterocycles. The number of H-pyrrole nitrogens is 1. The van der Waals surface area contributed by atoms with E-state index < -0.39 is 12.0 Å². The van der Waals surface area contributed by atoms with Crippen LogP contribution in [-0.2, 0) is 11.2 Å². The van der Waals surface area contributed by atoms with Crippen molar-refractivity contribution in [3.63, 3.8) is 0 Å². The minimum atomic E-state index is -0.972. The summed E-state index contributed by atoms with van der Waals surface area (Å²) in [6.07, 6.45) is 2.16. The van der Waals surface area contributed by atoms with E-state index >= 15 is 0 Å². The van der Waals surface area contributed by atoms with Crippen LogP contribution in [-0.4, -0.2) is 79.0 Å². The fourth-order valence-electron chi connectivity index (χ4n) is 1.62. The van der Waals surface area contributed by atoms with E-state index in [2.05, 4.69) is 4.98 Å². The molecule has 0 amide bonds. The molecular weight excluding hydrogens is 295 g/mol. The molecule has 0 saturated carbocycles. The van der Waals surface area contributed by atoms with Crippen molar-refractivity contribution < 1.29 is 37.3 Å². The zero-order valence-electron chi connectivity index (χ0n) is 11.6. The van der Waals surface area contributed by atoms with Crippen LogP contribution in [0, 0.1) is 0 Å². The maximum absolute atomic E-state index is 10.6. The number of rotatable bonds is 3. The standard InChI is InChI=1S/C11H12N2O2.Na.5H2O/c12-9(11(14)15)5-7-6-13-10-4-2-1-3-8(7)10;;;;;;/h1-4,6,9,13H,5,12H2,(H,14,15);;5*1H2/t9-;;;;;;/m0....../s1. The molecular formula is C11H22N2NaO7. The summed E-state index contributed by atoms with van der Waals surface area (Å²) in [4.78, 5) is 13.7. The van der Waals surface area contributed by atoms with Gasteiger partial charge in [0, 0.05) is 53.1 Å². The molecule has 1 radical (unpaired) electrons. The molecule has 0 spiro atoms. The molecule has 0 aliphatic heterocycles. The molecule has 1 heterocycles. The molecule has 119 valence electrons. The Morgan fingerprint density at radius 2 is 1.67 bits per heavy atom. The van der Waals surface area contributed by atoms with Crippen molar-refractivity contribution in [2.75, 3.05) is 0 Å². The van der Waals surface area contributed by atoms with Crippen molar-refractivity contribution in [3.8, 4) is 0 Å². The maximum atomic E-state index is 10.6. The van der Waals surface area contributed by atoms with Crippen molar-refractivity contribution in [3.05, 3.63) is 36.0 Å². The van der Waals surface area contributed by atoms with Gasteiger partial charge in [0.15, 0.2) is 0 Å². The topological polar surface area (TPSA) is 237 Å². The number of carboxylic acids is 1. The first-order valence-electron chi connectivity index (χ1n) is 4.72. The third-order valence-corrected chi connectivity index (χ3v) is 2.43. The minimum Gasteiger partial charge on any atom is -0.480 e. The van der Waals surface area contributed by atoms with Gasteiger partial charge in [-0.3, -0.25) is 4.79 Å². The van der Waals surface area contributed by atoms with Gasteiger partial charge in [-0.15, -0.1) is 0 Å². The van der Waals surface area contributed by atoms with Gasteiger partial charge in [0.25, 0.3) is 0 Å². The molecule has 21 heavy (non-hydrogen) atoms. The number of nitrogens with one attached hydrogen (secondary N) is 1. The Morgan fingerprint density at radius 1 is 1.14 bits per heavy atom. The van der Waals surface area contributed by atoms with Gasteiger partial charge in [0.1, 0.15) is 6.04 Å². The minimum absolute atomic E-state index is 0. The number of hydrogen-bond acceptors (Lipinski definition) is 2. The number of carbonyl (C=O) groups is 1. The summed E-state index contributed by atoms with van der Waals surface area (Å²) in [5.41, 5.74) is 7.43. The average molecular weight is 317 g/mol. The van der Waals surface area contributed by atoms with Crippen LogP contribution in [0.5, 0.6) is 0 Å². The Hall–Kier alpha value is -1.01. The molecule has 10 heteroatoms. The SMILES string of the molecule is N[C@@H](Cc1c[nH]c2ccccc12)C(=O)O.O.O.O.O.O.[Na]. The predicted octanol–water partition coefficient (Wildman–Crippen LogP) is -3.38. The fraction of sp³-hybridized carbons (Fsp3) is 0.182. The molecule has 9 nitrogen and oxygen atoms in total. The Kier molecular flexibility index (Phi) is 21.3. The Balaban J connectivity index is -0.000000142. The van der Waals surface area contributed by atoms with Crippen molar-refractivity contribution in [2.45, 2.75) is 12.5 Å². The summed E-state index contributed by atoms with van der Waals surface area (Å²) in [5.74, 6) is -0.972. The maximum Gasteiger partial charge on any atom is 0.320 e. The average Bonchev–Trinajstić information content (AvgIpc) is 2.62. The molecule has 0 fully saturated rings. The number of benzene rings is 1. The number of fused-ring (bicyclic) bond motifs is 1. The first-order valence-corrected chi connectivity index (χ1v) is 4.72. The van der Waals surface area contributed by atoms with E-state index in [1.807, 2.05) is 30.5 Å². The summed E-state index contributed by atoms with van der Waals surface area (Å²) in [7, 11) is 0. The third-order valence-electron chi connectivity index (χ3n) is 2.43. The third kappa shape index (κ3) is 7.52. The van der Waals surface area contributed by atoms with Crippen LogP contribution in [0.1, 0.15) is 5.56 Å². The zero-order valence-corrected chi connectivity index (χ0v) is 13.6. The first kappa shape index (κ1) is 32.1. The van der Waals surface area contributed by atoms with Crippen molar-refractivity contribution in [1.29, 1.82) is 0 Å². The van der Waals surface area contributed by atoms with Gasteiger partial charge in [-0.25, -0.2) is 0 Å². The molecule has 1 aromatic carbocycles. The van der Waals surface area contributed by atoms with Crippen molar-refractivity contribution >= 4 is 46.4 Å². The fourth-order valence-corrected chi connectivity index (χ4v) is 1.62. The molecule has 0 bridgehead atoms. The molecule has 0 saturated heterocycles. The molecule has 1 atom stereocenters. The van der Waals surface area contributed by atoms with Gasteiger partial charge in [0.05, 0.1) is 0 Å². The normalized spacial score (nSPS) is 9.19. The summed E-state index contributed by atoms with van der Waals surface area (Å²) in [5, 5.41) is 9.75. The second-order valence-electron chi connectivity index (χ2n) is 3.51. The Bertz CT molecular complexity index is 506. The van der Waals surface area contributed by atoms with Crippen LogP contribution >= 0.6 is 0 Å². The monoisotopic (exact) mass is 317 g/mol. The van der Waals surface area contributed by atoms with Gasteiger partial charge in [-0.2, -0.15) is 0 Å². The Labute approximate surface area is 143 Å². The van der Waals surface area contributed by atoms with Gasteiger partial charge in [0.2, 0.25) is 0 Å². The summed E-state index contributed by atoms with van der Waals surface area (Å²) < 4.78 is 0. The van der Waals surface area contributed by atoms with E-state index in [-0.39, 0.29) is 56.9 Å². The molecule has 2 aromatic rings. The number of aromatic nitrogens is 1. The number of para-hydroxylation sites is 1. The molecule has 0 aliphatic carbocycles. The predicted molar refractivity (Wildman–Crippen MR) is 81.4 cm³/mol. The van der Waals surface area contributed by atoms with Gasteiger partial charge in [-0.05, 0) is 11.6 Å². The van der Waals surface area contributed by atoms with E-state index in [1.165, 1.54) is 0 Å². The second-order valence-corrected chi connectivity index (χ2v) is 3.51. The number of nitrogens with two attached hydrogens (primary N) is 1. The summed E-state index contributed by atoms with van der Waals surface area (Å²) in [6.45, 7) is 0. The molecule has 2 rings (SSSR count). The second kappa shape index (κ2) is 13.9. The van der Waals surface area contributed by atoms with Crippen LogP contribution in [0.4, 0.5) is 0 Å². The number of hydrogen-bond donors (Lipinski definition) is 3. The van der Waals surface area contributed by atoms with E-state index in [4.69, 9.17) is 10.8 Å². The van der Waals surface area contributed by atoms with Crippen molar-refractivity contribution in [1.82, 2.24) is 4.98 Å². The van der Waals surface area contributed by atoms with Crippen LogP contribution in [0.15, 0.2) is 30.5 Å². The largest absolute Gasteiger partial charge is 0.480 e. The van der Waals surface area contributed by atoms with Crippen LogP contribution in [0.2, 0.25) is 0 Å². The van der Waals surface area contributed by atoms with Crippen LogP contribution in [0.25, 0.3) is 10.9 Å². The van der Waals surface area contributed by atoms with Crippen LogP contribution < -0.4 is 5.73 Å². The van der Waals surface area contributed by atoms with E-state index in [0.717, 1.165) is 16.5 Å². The number of aromatic amines is 1. The first-order chi connectivity index (χ1) is 7.18. The summed E-state index contributed by atoms with van der Waals surface area (Å²) >= 11 is 0. The number of aliphatic carboxylic acids is 1. The quantitative estimate of drug-likeness (QED) is 0.491. The van der Waals surface area contributed by atoms with Gasteiger partial charge >= 0.3 is 5.97 Å². The van der Waals surface area contributed by atoms with E-state index in [9.17, 15) is 4.79 Å². The van der Waals surface area contributed by atoms with E-state index in [1.54, 1.807) is 0 Å². The smallest absolute Gasteiger partial charge is 0.320 e. The van der Waals surface area contributed by atoms with E-state index in [0.29, 0.717) is 6.42 Å². The van der Waals surface area contributed by atoms with Crippen LogP contribution in [0.3, 0.4) is 0 Å².